The average molecular weight is 232 g/mol. The van der Waals surface area contributed by atoms with Crippen molar-refractivity contribution in [3.8, 4) is 0 Å². The van der Waals surface area contributed by atoms with Gasteiger partial charge in [-0.05, 0) is 24.6 Å². The SMILES string of the molecule is Cc1ccccc1C(=O)c1cccc(F)c1F. The summed E-state index contributed by atoms with van der Waals surface area (Å²) in [5.41, 5.74) is 0.887. The molecule has 0 unspecified atom stereocenters. The number of carbonyl (C=O) groups excluding carboxylic acids is 1. The van der Waals surface area contributed by atoms with Crippen LogP contribution in [0.2, 0.25) is 0 Å². The first kappa shape index (κ1) is 11.5. The first-order chi connectivity index (χ1) is 8.11. The predicted octanol–water partition coefficient (Wildman–Crippen LogP) is 3.50. The number of carbonyl (C=O) groups is 1. The molecule has 0 aliphatic heterocycles. The summed E-state index contributed by atoms with van der Waals surface area (Å²) in [7, 11) is 0. The fourth-order valence-electron chi connectivity index (χ4n) is 1.65. The van der Waals surface area contributed by atoms with Gasteiger partial charge in [0.05, 0.1) is 5.56 Å². The van der Waals surface area contributed by atoms with Gasteiger partial charge in [0.2, 0.25) is 0 Å². The van der Waals surface area contributed by atoms with Gasteiger partial charge in [-0.2, -0.15) is 0 Å². The fraction of sp³-hybridized carbons (Fsp3) is 0.0714. The van der Waals surface area contributed by atoms with Crippen molar-refractivity contribution in [3.05, 3.63) is 70.8 Å². The Balaban J connectivity index is 2.52. The second-order valence-electron chi connectivity index (χ2n) is 3.75. The molecule has 2 aromatic rings. The molecule has 0 N–H and O–H groups in total. The van der Waals surface area contributed by atoms with Crippen molar-refractivity contribution in [1.29, 1.82) is 0 Å². The second kappa shape index (κ2) is 4.45. The smallest absolute Gasteiger partial charge is 0.196 e. The summed E-state index contributed by atoms with van der Waals surface area (Å²) in [6, 6.07) is 10.4. The number of benzene rings is 2. The third kappa shape index (κ3) is 2.09. The Bertz CT molecular complexity index is 576. The quantitative estimate of drug-likeness (QED) is 0.724. The molecule has 0 aromatic heterocycles. The van der Waals surface area contributed by atoms with Crippen molar-refractivity contribution in [3.63, 3.8) is 0 Å². The first-order valence-corrected chi connectivity index (χ1v) is 5.15. The second-order valence-corrected chi connectivity index (χ2v) is 3.75. The molecule has 0 atom stereocenters. The Kier molecular flexibility index (Phi) is 3.00. The maximum Gasteiger partial charge on any atom is 0.196 e. The van der Waals surface area contributed by atoms with Crippen molar-refractivity contribution in [2.24, 2.45) is 0 Å². The van der Waals surface area contributed by atoms with E-state index in [0.29, 0.717) is 5.56 Å². The lowest BCUT2D eigenvalue weighted by Crippen LogP contribution is -2.07. The molecular formula is C14H10F2O. The molecule has 86 valence electrons. The van der Waals surface area contributed by atoms with Crippen LogP contribution in [-0.2, 0) is 0 Å². The molecule has 0 aliphatic carbocycles. The van der Waals surface area contributed by atoms with Gasteiger partial charge in [-0.1, -0.05) is 30.3 Å². The molecule has 17 heavy (non-hydrogen) atoms. The molecule has 2 aromatic carbocycles. The summed E-state index contributed by atoms with van der Waals surface area (Å²) in [5, 5.41) is 0. The van der Waals surface area contributed by atoms with Crippen LogP contribution >= 0.6 is 0 Å². The summed E-state index contributed by atoms with van der Waals surface area (Å²) in [6.07, 6.45) is 0. The van der Waals surface area contributed by atoms with Crippen LogP contribution in [0.25, 0.3) is 0 Å². The molecule has 0 amide bonds. The Morgan fingerprint density at radius 2 is 1.59 bits per heavy atom. The lowest BCUT2D eigenvalue weighted by molar-refractivity contribution is 0.103. The number of hydrogen-bond donors (Lipinski definition) is 0. The summed E-state index contributed by atoms with van der Waals surface area (Å²) >= 11 is 0. The predicted molar refractivity (Wildman–Crippen MR) is 61.0 cm³/mol. The molecule has 1 nitrogen and oxygen atoms in total. The molecule has 0 fully saturated rings. The molecular weight excluding hydrogens is 222 g/mol. The molecule has 0 saturated carbocycles. The van der Waals surface area contributed by atoms with Crippen LogP contribution < -0.4 is 0 Å². The van der Waals surface area contributed by atoms with Crippen LogP contribution in [0.15, 0.2) is 42.5 Å². The van der Waals surface area contributed by atoms with E-state index < -0.39 is 17.4 Å². The highest BCUT2D eigenvalue weighted by Crippen LogP contribution is 2.18. The fourth-order valence-corrected chi connectivity index (χ4v) is 1.65. The molecule has 0 spiro atoms. The maximum atomic E-state index is 13.5. The summed E-state index contributed by atoms with van der Waals surface area (Å²) in [4.78, 5) is 12.0. The lowest BCUT2D eigenvalue weighted by atomic mass is 9.99. The van der Waals surface area contributed by atoms with Crippen LogP contribution in [0.3, 0.4) is 0 Å². The number of aryl methyl sites for hydroxylation is 1. The Labute approximate surface area is 97.7 Å². The monoisotopic (exact) mass is 232 g/mol. The van der Waals surface area contributed by atoms with Crippen LogP contribution in [0.1, 0.15) is 21.5 Å². The van der Waals surface area contributed by atoms with Crippen LogP contribution in [0.4, 0.5) is 8.78 Å². The van der Waals surface area contributed by atoms with E-state index in [1.165, 1.54) is 12.1 Å². The van der Waals surface area contributed by atoms with Crippen LogP contribution in [0.5, 0.6) is 0 Å². The largest absolute Gasteiger partial charge is 0.288 e. The van der Waals surface area contributed by atoms with Gasteiger partial charge in [0, 0.05) is 5.56 Å². The third-order valence-corrected chi connectivity index (χ3v) is 2.59. The van der Waals surface area contributed by atoms with E-state index in [0.717, 1.165) is 11.6 Å². The zero-order chi connectivity index (χ0) is 12.4. The zero-order valence-corrected chi connectivity index (χ0v) is 9.21. The van der Waals surface area contributed by atoms with E-state index in [1.807, 2.05) is 0 Å². The minimum atomic E-state index is -1.10. The van der Waals surface area contributed by atoms with E-state index >= 15 is 0 Å². The van der Waals surface area contributed by atoms with Crippen molar-refractivity contribution in [2.45, 2.75) is 6.92 Å². The topological polar surface area (TPSA) is 17.1 Å². The Morgan fingerprint density at radius 3 is 2.29 bits per heavy atom. The van der Waals surface area contributed by atoms with Gasteiger partial charge in [0.1, 0.15) is 0 Å². The van der Waals surface area contributed by atoms with E-state index in [2.05, 4.69) is 0 Å². The van der Waals surface area contributed by atoms with Crippen LogP contribution in [0, 0.1) is 18.6 Å². The highest BCUT2D eigenvalue weighted by Gasteiger charge is 2.17. The van der Waals surface area contributed by atoms with E-state index in [-0.39, 0.29) is 5.56 Å². The molecule has 0 saturated heterocycles. The first-order valence-electron chi connectivity index (χ1n) is 5.15. The highest BCUT2D eigenvalue weighted by atomic mass is 19.2. The van der Waals surface area contributed by atoms with Gasteiger partial charge in [0.25, 0.3) is 0 Å². The van der Waals surface area contributed by atoms with Gasteiger partial charge in [-0.3, -0.25) is 4.79 Å². The normalized spacial score (nSPS) is 10.3. The number of rotatable bonds is 2. The lowest BCUT2D eigenvalue weighted by Gasteiger charge is -2.05. The van der Waals surface area contributed by atoms with E-state index in [9.17, 15) is 13.6 Å². The standard InChI is InChI=1S/C14H10F2O/c1-9-5-2-3-6-10(9)14(17)11-7-4-8-12(15)13(11)16/h2-8H,1H3. The molecule has 2 rings (SSSR count). The van der Waals surface area contributed by atoms with E-state index in [1.54, 1.807) is 31.2 Å². The Hall–Kier alpha value is -2.03. The summed E-state index contributed by atoms with van der Waals surface area (Å²) in [5.74, 6) is -2.61. The molecule has 0 aliphatic rings. The van der Waals surface area contributed by atoms with Crippen molar-refractivity contribution in [2.75, 3.05) is 0 Å². The summed E-state index contributed by atoms with van der Waals surface area (Å²) in [6.45, 7) is 1.75. The van der Waals surface area contributed by atoms with Crippen LogP contribution in [-0.4, -0.2) is 5.78 Å². The molecule has 0 radical (unpaired) electrons. The molecule has 0 heterocycles. The summed E-state index contributed by atoms with van der Waals surface area (Å²) < 4.78 is 26.5. The van der Waals surface area contributed by atoms with Gasteiger partial charge >= 0.3 is 0 Å². The maximum absolute atomic E-state index is 13.5. The van der Waals surface area contributed by atoms with Crippen molar-refractivity contribution in [1.82, 2.24) is 0 Å². The van der Waals surface area contributed by atoms with Gasteiger partial charge in [0.15, 0.2) is 17.4 Å². The third-order valence-electron chi connectivity index (χ3n) is 2.59. The number of ketones is 1. The average Bonchev–Trinajstić information content (AvgIpc) is 2.32. The highest BCUT2D eigenvalue weighted by molar-refractivity contribution is 6.10. The zero-order valence-electron chi connectivity index (χ0n) is 9.21. The molecule has 0 bridgehead atoms. The van der Waals surface area contributed by atoms with Crippen molar-refractivity contribution < 1.29 is 13.6 Å². The molecule has 3 heteroatoms. The number of halogens is 2. The Morgan fingerprint density at radius 1 is 0.941 bits per heavy atom. The van der Waals surface area contributed by atoms with Gasteiger partial charge in [-0.15, -0.1) is 0 Å². The minimum Gasteiger partial charge on any atom is -0.288 e. The van der Waals surface area contributed by atoms with Crippen molar-refractivity contribution >= 4 is 5.78 Å². The van der Waals surface area contributed by atoms with E-state index in [4.69, 9.17) is 0 Å². The minimum absolute atomic E-state index is 0.237. The van der Waals surface area contributed by atoms with Gasteiger partial charge < -0.3 is 0 Å². The van der Waals surface area contributed by atoms with Gasteiger partial charge in [-0.25, -0.2) is 8.78 Å². The number of hydrogen-bond acceptors (Lipinski definition) is 1.